The fraction of sp³-hybridized carbons (Fsp3) is 0. The van der Waals surface area contributed by atoms with E-state index in [2.05, 4.69) is 4.98 Å². The number of hydrogen-bond acceptors (Lipinski definition) is 3. The molecule has 0 amide bonds. The molecule has 1 aromatic heterocycles. The van der Waals surface area contributed by atoms with Crippen LogP contribution in [0.3, 0.4) is 0 Å². The minimum absolute atomic E-state index is 0. The molecule has 2 aromatic rings. The van der Waals surface area contributed by atoms with Gasteiger partial charge in [-0.15, -0.1) is 0 Å². The Bertz CT molecular complexity index is 567. The zero-order valence-electron chi connectivity index (χ0n) is 8.02. The molecule has 0 saturated heterocycles. The van der Waals surface area contributed by atoms with E-state index in [9.17, 15) is 8.76 Å². The second kappa shape index (κ2) is 5.34. The number of fused-ring (bicyclic) bond motifs is 1. The first kappa shape index (κ1) is 13.0. The van der Waals surface area contributed by atoms with Crippen molar-refractivity contribution in [2.45, 2.75) is 4.90 Å². The van der Waals surface area contributed by atoms with Crippen molar-refractivity contribution in [1.82, 2.24) is 4.98 Å². The van der Waals surface area contributed by atoms with Crippen LogP contribution in [0.1, 0.15) is 0 Å². The Kier molecular flexibility index (Phi) is 4.64. The fourth-order valence-corrected chi connectivity index (χ4v) is 2.13. The summed E-state index contributed by atoms with van der Waals surface area (Å²) in [7, 11) is 0. The number of hydrogen-bond donors (Lipinski definition) is 1. The maximum absolute atomic E-state index is 10.8. The summed E-state index contributed by atoms with van der Waals surface area (Å²) >= 11 is 2.77. The maximum atomic E-state index is 10.8. The van der Waals surface area contributed by atoms with E-state index in [1.807, 2.05) is 18.2 Å². The Labute approximate surface area is 116 Å². The van der Waals surface area contributed by atoms with E-state index in [0.29, 0.717) is 4.51 Å². The Morgan fingerprint density at radius 3 is 2.67 bits per heavy atom. The molecule has 2 rings (SSSR count). The van der Waals surface area contributed by atoms with E-state index in [1.165, 1.54) is 6.20 Å². The quantitative estimate of drug-likeness (QED) is 0.405. The summed E-state index contributed by atoms with van der Waals surface area (Å²) in [5.74, 6) is 0. The minimum Gasteiger partial charge on any atom is -0.768 e. The van der Waals surface area contributed by atoms with Gasteiger partial charge in [-0.25, -0.2) is 0 Å². The third kappa shape index (κ3) is 2.55. The summed E-state index contributed by atoms with van der Waals surface area (Å²) in [5.41, 5.74) is 0.840. The second-order valence-electron chi connectivity index (χ2n) is 2.76. The van der Waals surface area contributed by atoms with Gasteiger partial charge in [0.15, 0.2) is 0 Å². The van der Waals surface area contributed by atoms with E-state index in [-0.39, 0.29) is 34.5 Å². The van der Waals surface area contributed by atoms with Crippen LogP contribution >= 0.6 is 12.2 Å². The Morgan fingerprint density at radius 2 is 2.00 bits per heavy atom. The average molecular weight is 247 g/mol. The predicted molar refractivity (Wildman–Crippen MR) is 56.3 cm³/mol. The Morgan fingerprint density at radius 1 is 1.33 bits per heavy atom. The minimum atomic E-state index is -2.28. The van der Waals surface area contributed by atoms with E-state index in [1.54, 1.807) is 6.07 Å². The monoisotopic (exact) mass is 247 g/mol. The molecule has 3 nitrogen and oxygen atoms in total. The Balaban J connectivity index is 0.00000112. The summed E-state index contributed by atoms with van der Waals surface area (Å²) in [4.78, 5) is 3.02. The first-order valence-corrected chi connectivity index (χ1v) is 5.38. The molecule has 1 N–H and O–H groups in total. The summed E-state index contributed by atoms with van der Waals surface area (Å²) in [6.45, 7) is 0. The van der Waals surface area contributed by atoms with Gasteiger partial charge < -0.3 is 9.54 Å². The van der Waals surface area contributed by atoms with Gasteiger partial charge in [-0.3, -0.25) is 4.21 Å². The van der Waals surface area contributed by atoms with Crippen LogP contribution in [0.4, 0.5) is 0 Å². The molecule has 0 radical (unpaired) electrons. The maximum Gasteiger partial charge on any atom is 1.00 e. The average Bonchev–Trinajstić information content (AvgIpc) is 2.18. The van der Waals surface area contributed by atoms with Crippen LogP contribution in [0.5, 0.6) is 0 Å². The first-order chi connectivity index (χ1) is 6.70. The fourth-order valence-electron chi connectivity index (χ4n) is 1.27. The van der Waals surface area contributed by atoms with Crippen LogP contribution in [0.25, 0.3) is 10.9 Å². The molecule has 0 fully saturated rings. The second-order valence-corrected chi connectivity index (χ2v) is 4.08. The van der Waals surface area contributed by atoms with Crippen molar-refractivity contribution in [2.75, 3.05) is 0 Å². The van der Waals surface area contributed by atoms with E-state index in [0.717, 1.165) is 10.9 Å². The van der Waals surface area contributed by atoms with E-state index < -0.39 is 11.1 Å². The smallest absolute Gasteiger partial charge is 0.768 e. The van der Waals surface area contributed by atoms with Crippen LogP contribution in [-0.2, 0) is 11.1 Å². The summed E-state index contributed by atoms with van der Waals surface area (Å²) in [6.07, 6.45) is 1.41. The molecule has 1 heterocycles. The standard InChI is InChI=1S/C9H7NO2S2.Na/c11-14(12)8-5-10-7-4-2-1-3-6(7)9(8)13;/h1-5H,(H,10,13)(H,11,12);/q;+1/p-1. The molecule has 0 aliphatic rings. The van der Waals surface area contributed by atoms with Gasteiger partial charge in [-0.05, 0) is 17.1 Å². The van der Waals surface area contributed by atoms with Crippen molar-refractivity contribution in [3.8, 4) is 0 Å². The molecule has 6 heteroatoms. The number of aromatic amines is 1. The van der Waals surface area contributed by atoms with Gasteiger partial charge in [0.1, 0.15) is 0 Å². The topological polar surface area (TPSA) is 55.9 Å². The molecule has 72 valence electrons. The number of nitrogens with one attached hydrogen (secondary N) is 1. The summed E-state index contributed by atoms with van der Waals surface area (Å²) in [5, 5.41) is 0.754. The van der Waals surface area contributed by atoms with Crippen molar-refractivity contribution < 1.29 is 38.3 Å². The van der Waals surface area contributed by atoms with Crippen LogP contribution in [0.15, 0.2) is 35.4 Å². The zero-order valence-corrected chi connectivity index (χ0v) is 11.7. The van der Waals surface area contributed by atoms with Gasteiger partial charge in [-0.1, -0.05) is 30.4 Å². The number of aromatic nitrogens is 1. The van der Waals surface area contributed by atoms with Gasteiger partial charge in [-0.2, -0.15) is 0 Å². The van der Waals surface area contributed by atoms with Crippen molar-refractivity contribution in [2.24, 2.45) is 0 Å². The van der Waals surface area contributed by atoms with Gasteiger partial charge in [0, 0.05) is 17.1 Å². The van der Waals surface area contributed by atoms with Crippen LogP contribution in [0.2, 0.25) is 0 Å². The first-order valence-electron chi connectivity index (χ1n) is 3.90. The molecule has 1 aromatic carbocycles. The molecule has 15 heavy (non-hydrogen) atoms. The van der Waals surface area contributed by atoms with Crippen molar-refractivity contribution in [3.05, 3.63) is 35.0 Å². The van der Waals surface area contributed by atoms with Crippen LogP contribution in [-0.4, -0.2) is 13.7 Å². The van der Waals surface area contributed by atoms with E-state index in [4.69, 9.17) is 12.2 Å². The SMILES string of the molecule is O=S([O-])c1c[nH]c2ccccc2c1=S.[Na+]. The number of rotatable bonds is 1. The van der Waals surface area contributed by atoms with Crippen LogP contribution in [0, 0.1) is 4.51 Å². The van der Waals surface area contributed by atoms with Gasteiger partial charge >= 0.3 is 29.6 Å². The molecule has 0 spiro atoms. The summed E-state index contributed by atoms with van der Waals surface area (Å²) < 4.78 is 21.9. The van der Waals surface area contributed by atoms with Crippen molar-refractivity contribution in [3.63, 3.8) is 0 Å². The Hall–Kier alpha value is -0.0400. The number of para-hydroxylation sites is 1. The number of H-pyrrole nitrogens is 1. The number of benzene rings is 1. The molecule has 0 aliphatic heterocycles. The molecular formula is C9H6NNaO2S2. The van der Waals surface area contributed by atoms with Crippen molar-refractivity contribution in [1.29, 1.82) is 0 Å². The molecule has 0 aliphatic carbocycles. The zero-order chi connectivity index (χ0) is 10.1. The van der Waals surface area contributed by atoms with E-state index >= 15 is 0 Å². The molecule has 0 saturated carbocycles. The molecule has 1 atom stereocenters. The molecule has 1 unspecified atom stereocenters. The third-order valence-electron chi connectivity index (χ3n) is 1.93. The van der Waals surface area contributed by atoms with Gasteiger partial charge in [0.05, 0.1) is 9.41 Å². The van der Waals surface area contributed by atoms with Gasteiger partial charge in [0.2, 0.25) is 0 Å². The normalized spacial score (nSPS) is 12.1. The molecule has 0 bridgehead atoms. The molecular weight excluding hydrogens is 241 g/mol. The largest absolute Gasteiger partial charge is 1.00 e. The van der Waals surface area contributed by atoms with Crippen molar-refractivity contribution >= 4 is 34.2 Å². The third-order valence-corrected chi connectivity index (χ3v) is 3.18. The predicted octanol–water partition coefficient (Wildman–Crippen LogP) is -0.861. The van der Waals surface area contributed by atoms with Gasteiger partial charge in [0.25, 0.3) is 0 Å². The summed E-state index contributed by atoms with van der Waals surface area (Å²) in [6, 6.07) is 7.33. The number of pyridine rings is 1. The van der Waals surface area contributed by atoms with Crippen LogP contribution < -0.4 is 29.6 Å².